The minimum atomic E-state index is -0.328. The van der Waals surface area contributed by atoms with Crippen molar-refractivity contribution in [3.8, 4) is 0 Å². The number of nitrogens with zero attached hydrogens (tertiary/aromatic N) is 2. The number of anilines is 1. The summed E-state index contributed by atoms with van der Waals surface area (Å²) in [5, 5.41) is 4.02. The largest absolute Gasteiger partial charge is 0.361 e. The summed E-state index contributed by atoms with van der Waals surface area (Å²) in [6.07, 6.45) is 2.62. The van der Waals surface area contributed by atoms with Crippen LogP contribution in [0, 0.1) is 12.7 Å². The highest BCUT2D eigenvalue weighted by molar-refractivity contribution is 5.92. The van der Waals surface area contributed by atoms with Crippen LogP contribution in [-0.4, -0.2) is 45.9 Å². The van der Waals surface area contributed by atoms with Gasteiger partial charge in [0.05, 0.1) is 0 Å². The maximum Gasteiger partial charge on any atom is 0.322 e. The van der Waals surface area contributed by atoms with Gasteiger partial charge in [0.1, 0.15) is 12.4 Å². The second-order valence-corrected chi connectivity index (χ2v) is 9.57. The summed E-state index contributed by atoms with van der Waals surface area (Å²) in [7, 11) is 0. The molecule has 192 valence electrons. The number of urea groups is 1. The van der Waals surface area contributed by atoms with Crippen LogP contribution in [0.5, 0.6) is 0 Å². The molecular formula is C30H33FN4O2. The summed E-state index contributed by atoms with van der Waals surface area (Å²) < 4.78 is 13.5. The number of amides is 3. The lowest BCUT2D eigenvalue weighted by Gasteiger charge is -2.30. The summed E-state index contributed by atoms with van der Waals surface area (Å²) in [4.78, 5) is 33.2. The van der Waals surface area contributed by atoms with Gasteiger partial charge in [0, 0.05) is 41.9 Å². The van der Waals surface area contributed by atoms with Crippen molar-refractivity contribution in [2.75, 3.05) is 18.4 Å². The highest BCUT2D eigenvalue weighted by Crippen LogP contribution is 2.19. The van der Waals surface area contributed by atoms with E-state index in [0.29, 0.717) is 25.2 Å². The van der Waals surface area contributed by atoms with E-state index in [9.17, 15) is 14.0 Å². The molecule has 0 fully saturated rings. The van der Waals surface area contributed by atoms with Gasteiger partial charge in [-0.3, -0.25) is 4.79 Å². The Morgan fingerprint density at radius 2 is 1.68 bits per heavy atom. The third kappa shape index (κ3) is 6.76. The lowest BCUT2D eigenvalue weighted by Crippen LogP contribution is -2.47. The molecule has 0 saturated heterocycles. The number of nitrogens with one attached hydrogen (secondary N) is 2. The molecule has 1 heterocycles. The molecule has 0 bridgehead atoms. The average molecular weight is 501 g/mol. The van der Waals surface area contributed by atoms with Gasteiger partial charge in [-0.05, 0) is 68.7 Å². The summed E-state index contributed by atoms with van der Waals surface area (Å²) in [5.41, 5.74) is 4.77. The van der Waals surface area contributed by atoms with Gasteiger partial charge in [-0.2, -0.15) is 0 Å². The zero-order chi connectivity index (χ0) is 26.4. The first-order chi connectivity index (χ1) is 17.8. The Morgan fingerprint density at radius 1 is 0.973 bits per heavy atom. The number of H-pyrrole nitrogens is 1. The molecule has 0 aliphatic rings. The van der Waals surface area contributed by atoms with E-state index in [-0.39, 0.29) is 30.3 Å². The van der Waals surface area contributed by atoms with E-state index in [4.69, 9.17) is 0 Å². The van der Waals surface area contributed by atoms with E-state index in [2.05, 4.69) is 16.4 Å². The van der Waals surface area contributed by atoms with Gasteiger partial charge in [-0.1, -0.05) is 48.0 Å². The van der Waals surface area contributed by atoms with E-state index >= 15 is 0 Å². The molecule has 2 N–H and O–H groups in total. The summed E-state index contributed by atoms with van der Waals surface area (Å²) in [5.74, 6) is -0.490. The van der Waals surface area contributed by atoms with E-state index in [0.717, 1.165) is 27.6 Å². The number of fused-ring (bicyclic) bond motifs is 1. The van der Waals surface area contributed by atoms with Gasteiger partial charge in [0.25, 0.3) is 0 Å². The molecule has 7 heteroatoms. The second kappa shape index (κ2) is 11.7. The standard InChI is InChI=1S/C30H33FN4O2/c1-21(2)35(30(37)33-26-14-8-22(3)9-15-26)20-29(36)34(19-23-10-12-25(31)13-11-23)17-16-24-18-32-28-7-5-4-6-27(24)28/h4-15,18,21,32H,16-17,19-20H2,1-3H3,(H,33,37). The number of halogens is 1. The molecule has 4 rings (SSSR count). The lowest BCUT2D eigenvalue weighted by molar-refractivity contribution is -0.132. The molecule has 0 unspecified atom stereocenters. The predicted molar refractivity (Wildman–Crippen MR) is 146 cm³/mol. The number of aromatic nitrogens is 1. The fourth-order valence-electron chi connectivity index (χ4n) is 4.26. The van der Waals surface area contributed by atoms with Gasteiger partial charge in [0.15, 0.2) is 0 Å². The van der Waals surface area contributed by atoms with Crippen LogP contribution in [0.1, 0.15) is 30.5 Å². The van der Waals surface area contributed by atoms with E-state index in [1.165, 1.54) is 17.0 Å². The van der Waals surface area contributed by atoms with E-state index in [1.807, 2.05) is 69.4 Å². The average Bonchev–Trinajstić information content (AvgIpc) is 3.30. The monoisotopic (exact) mass is 500 g/mol. The fraction of sp³-hybridized carbons (Fsp3) is 0.267. The number of aromatic amines is 1. The number of benzene rings is 3. The maximum absolute atomic E-state index is 13.6. The third-order valence-corrected chi connectivity index (χ3v) is 6.46. The molecule has 3 aromatic carbocycles. The first-order valence-electron chi connectivity index (χ1n) is 12.5. The van der Waals surface area contributed by atoms with Crippen LogP contribution in [-0.2, 0) is 17.8 Å². The lowest BCUT2D eigenvalue weighted by atomic mass is 10.1. The van der Waals surface area contributed by atoms with Crippen LogP contribution >= 0.6 is 0 Å². The first-order valence-corrected chi connectivity index (χ1v) is 12.5. The first kappa shape index (κ1) is 25.9. The van der Waals surface area contributed by atoms with Crippen molar-refractivity contribution < 1.29 is 14.0 Å². The predicted octanol–water partition coefficient (Wildman–Crippen LogP) is 6.13. The number of hydrogen-bond donors (Lipinski definition) is 2. The van der Waals surface area contributed by atoms with Gasteiger partial charge in [-0.25, -0.2) is 9.18 Å². The molecule has 0 aliphatic heterocycles. The van der Waals surface area contributed by atoms with Gasteiger partial charge in [0.2, 0.25) is 5.91 Å². The summed E-state index contributed by atoms with van der Waals surface area (Å²) >= 11 is 0. The van der Waals surface area contributed by atoms with Gasteiger partial charge >= 0.3 is 6.03 Å². The van der Waals surface area contributed by atoms with Crippen LogP contribution in [0.25, 0.3) is 10.9 Å². The molecule has 3 amide bonds. The van der Waals surface area contributed by atoms with Crippen LogP contribution in [0.4, 0.5) is 14.9 Å². The molecule has 0 spiro atoms. The number of carbonyl (C=O) groups excluding carboxylic acids is 2. The second-order valence-electron chi connectivity index (χ2n) is 9.57. The van der Waals surface area contributed by atoms with Crippen LogP contribution in [0.2, 0.25) is 0 Å². The minimum Gasteiger partial charge on any atom is -0.361 e. The van der Waals surface area contributed by atoms with Crippen LogP contribution in [0.15, 0.2) is 79.0 Å². The highest BCUT2D eigenvalue weighted by atomic mass is 19.1. The highest BCUT2D eigenvalue weighted by Gasteiger charge is 2.24. The van der Waals surface area contributed by atoms with Crippen molar-refractivity contribution in [3.05, 3.63) is 102 Å². The van der Waals surface area contributed by atoms with Crippen molar-refractivity contribution in [1.29, 1.82) is 0 Å². The van der Waals surface area contributed by atoms with Crippen molar-refractivity contribution in [2.24, 2.45) is 0 Å². The molecule has 0 aliphatic carbocycles. The SMILES string of the molecule is Cc1ccc(NC(=O)N(CC(=O)N(CCc2c[nH]c3ccccc23)Cc2ccc(F)cc2)C(C)C)cc1. The Morgan fingerprint density at radius 3 is 2.38 bits per heavy atom. The Kier molecular flexibility index (Phi) is 8.23. The number of hydrogen-bond acceptors (Lipinski definition) is 2. The molecule has 6 nitrogen and oxygen atoms in total. The third-order valence-electron chi connectivity index (χ3n) is 6.46. The summed E-state index contributed by atoms with van der Waals surface area (Å²) in [6, 6.07) is 21.2. The Hall–Kier alpha value is -4.13. The maximum atomic E-state index is 13.6. The molecular weight excluding hydrogens is 467 g/mol. The number of carbonyl (C=O) groups is 2. The zero-order valence-corrected chi connectivity index (χ0v) is 21.5. The molecule has 37 heavy (non-hydrogen) atoms. The van der Waals surface area contributed by atoms with Crippen molar-refractivity contribution >= 4 is 28.5 Å². The van der Waals surface area contributed by atoms with E-state index < -0.39 is 0 Å². The normalized spacial score (nSPS) is 11.1. The van der Waals surface area contributed by atoms with Crippen LogP contribution in [0.3, 0.4) is 0 Å². The number of aryl methyl sites for hydroxylation is 1. The van der Waals surface area contributed by atoms with Crippen LogP contribution < -0.4 is 5.32 Å². The van der Waals surface area contributed by atoms with Gasteiger partial charge < -0.3 is 20.1 Å². The molecule has 4 aromatic rings. The fourth-order valence-corrected chi connectivity index (χ4v) is 4.26. The van der Waals surface area contributed by atoms with Crippen molar-refractivity contribution in [1.82, 2.24) is 14.8 Å². The summed E-state index contributed by atoms with van der Waals surface area (Å²) in [6.45, 7) is 6.48. The van der Waals surface area contributed by atoms with Gasteiger partial charge in [-0.15, -0.1) is 0 Å². The quantitative estimate of drug-likeness (QED) is 0.290. The molecule has 0 radical (unpaired) electrons. The minimum absolute atomic E-state index is 0.0650. The smallest absolute Gasteiger partial charge is 0.322 e. The molecule has 0 saturated carbocycles. The molecule has 1 aromatic heterocycles. The topological polar surface area (TPSA) is 68.4 Å². The zero-order valence-electron chi connectivity index (χ0n) is 21.5. The van der Waals surface area contributed by atoms with E-state index in [1.54, 1.807) is 17.0 Å². The van der Waals surface area contributed by atoms with Crippen molar-refractivity contribution in [2.45, 2.75) is 39.8 Å². The Balaban J connectivity index is 1.50. The number of para-hydroxylation sites is 1. The Labute approximate surface area is 217 Å². The number of rotatable bonds is 9. The molecule has 0 atom stereocenters. The Bertz CT molecular complexity index is 1350. The van der Waals surface area contributed by atoms with Crippen molar-refractivity contribution in [3.63, 3.8) is 0 Å².